The standard InChI is InChI=1S/C9H11F2NO/c1-5(4-12)8-6(10)2-3-7(13)9(8)11/h2-3,5,13H,4,12H2,1H3. The maximum Gasteiger partial charge on any atom is 0.171 e. The van der Waals surface area contributed by atoms with Crippen LogP contribution in [0.3, 0.4) is 0 Å². The Morgan fingerprint density at radius 3 is 2.62 bits per heavy atom. The first kappa shape index (κ1) is 9.92. The summed E-state index contributed by atoms with van der Waals surface area (Å²) in [6.07, 6.45) is 0. The van der Waals surface area contributed by atoms with Crippen LogP contribution in [-0.2, 0) is 0 Å². The van der Waals surface area contributed by atoms with Gasteiger partial charge in [0.2, 0.25) is 0 Å². The van der Waals surface area contributed by atoms with Crippen LogP contribution in [0.15, 0.2) is 12.1 Å². The zero-order chi connectivity index (χ0) is 10.0. The van der Waals surface area contributed by atoms with E-state index >= 15 is 0 Å². The van der Waals surface area contributed by atoms with Crippen LogP contribution in [0.2, 0.25) is 0 Å². The molecule has 3 N–H and O–H groups in total. The van der Waals surface area contributed by atoms with Gasteiger partial charge in [0.25, 0.3) is 0 Å². The second kappa shape index (κ2) is 3.70. The van der Waals surface area contributed by atoms with E-state index in [9.17, 15) is 8.78 Å². The molecule has 4 heteroatoms. The van der Waals surface area contributed by atoms with Crippen molar-refractivity contribution in [2.45, 2.75) is 12.8 Å². The van der Waals surface area contributed by atoms with E-state index in [1.165, 1.54) is 0 Å². The van der Waals surface area contributed by atoms with Gasteiger partial charge >= 0.3 is 0 Å². The number of hydrogen-bond donors (Lipinski definition) is 2. The van der Waals surface area contributed by atoms with Gasteiger partial charge in [-0.3, -0.25) is 0 Å². The zero-order valence-electron chi connectivity index (χ0n) is 7.22. The molecular formula is C9H11F2NO. The molecule has 1 rings (SSSR count). The van der Waals surface area contributed by atoms with Crippen LogP contribution in [0.4, 0.5) is 8.78 Å². The van der Waals surface area contributed by atoms with Crippen LogP contribution in [0.1, 0.15) is 18.4 Å². The van der Waals surface area contributed by atoms with E-state index in [4.69, 9.17) is 10.8 Å². The summed E-state index contributed by atoms with van der Waals surface area (Å²) in [5.41, 5.74) is 5.13. The second-order valence-corrected chi connectivity index (χ2v) is 2.93. The highest BCUT2D eigenvalue weighted by atomic mass is 19.1. The Balaban J connectivity index is 3.25. The average Bonchev–Trinajstić information content (AvgIpc) is 2.12. The number of phenolic OH excluding ortho intramolecular Hbond substituents is 1. The Kier molecular flexibility index (Phi) is 2.83. The Morgan fingerprint density at radius 1 is 1.46 bits per heavy atom. The summed E-state index contributed by atoms with van der Waals surface area (Å²) < 4.78 is 26.2. The highest BCUT2D eigenvalue weighted by Gasteiger charge is 2.17. The highest BCUT2D eigenvalue weighted by molar-refractivity contribution is 5.33. The summed E-state index contributed by atoms with van der Waals surface area (Å²) in [4.78, 5) is 0. The van der Waals surface area contributed by atoms with Crippen molar-refractivity contribution >= 4 is 0 Å². The van der Waals surface area contributed by atoms with Gasteiger partial charge in [-0.25, -0.2) is 8.78 Å². The number of benzene rings is 1. The molecule has 0 spiro atoms. The number of aromatic hydroxyl groups is 1. The summed E-state index contributed by atoms with van der Waals surface area (Å²) in [6.45, 7) is 1.73. The van der Waals surface area contributed by atoms with Crippen molar-refractivity contribution < 1.29 is 13.9 Å². The molecule has 1 unspecified atom stereocenters. The van der Waals surface area contributed by atoms with E-state index < -0.39 is 23.3 Å². The zero-order valence-corrected chi connectivity index (χ0v) is 7.22. The van der Waals surface area contributed by atoms with Gasteiger partial charge in [-0.15, -0.1) is 0 Å². The minimum atomic E-state index is -0.919. The van der Waals surface area contributed by atoms with Crippen LogP contribution in [0.5, 0.6) is 5.75 Å². The minimum Gasteiger partial charge on any atom is -0.505 e. The molecule has 72 valence electrons. The molecule has 1 aromatic rings. The van der Waals surface area contributed by atoms with Crippen molar-refractivity contribution in [2.75, 3.05) is 6.54 Å². The summed E-state index contributed by atoms with van der Waals surface area (Å²) >= 11 is 0. The van der Waals surface area contributed by atoms with E-state index in [2.05, 4.69) is 0 Å². The number of halogens is 2. The molecule has 1 atom stereocenters. The van der Waals surface area contributed by atoms with Gasteiger partial charge in [-0.2, -0.15) is 0 Å². The molecule has 0 aliphatic rings. The molecule has 0 aliphatic heterocycles. The SMILES string of the molecule is CC(CN)c1c(F)ccc(O)c1F. The molecule has 0 fully saturated rings. The van der Waals surface area contributed by atoms with Crippen LogP contribution >= 0.6 is 0 Å². The molecule has 0 bridgehead atoms. The van der Waals surface area contributed by atoms with Gasteiger partial charge in [0.1, 0.15) is 5.82 Å². The Morgan fingerprint density at radius 2 is 2.08 bits per heavy atom. The van der Waals surface area contributed by atoms with E-state index in [1.807, 2.05) is 0 Å². The van der Waals surface area contributed by atoms with Crippen LogP contribution in [0, 0.1) is 11.6 Å². The normalized spacial score (nSPS) is 12.9. The van der Waals surface area contributed by atoms with Gasteiger partial charge in [0.05, 0.1) is 0 Å². The van der Waals surface area contributed by atoms with E-state index in [0.717, 1.165) is 12.1 Å². The number of hydrogen-bond acceptors (Lipinski definition) is 2. The van der Waals surface area contributed by atoms with Crippen LogP contribution < -0.4 is 5.73 Å². The molecule has 0 saturated carbocycles. The fourth-order valence-electron chi connectivity index (χ4n) is 1.13. The van der Waals surface area contributed by atoms with Gasteiger partial charge in [-0.1, -0.05) is 6.92 Å². The molecule has 0 radical (unpaired) electrons. The molecule has 0 heterocycles. The van der Waals surface area contributed by atoms with E-state index in [1.54, 1.807) is 6.92 Å². The quantitative estimate of drug-likeness (QED) is 0.740. The smallest absolute Gasteiger partial charge is 0.171 e. The Bertz CT molecular complexity index is 315. The third-order valence-electron chi connectivity index (χ3n) is 1.95. The topological polar surface area (TPSA) is 46.2 Å². The van der Waals surface area contributed by atoms with Crippen LogP contribution in [-0.4, -0.2) is 11.7 Å². The maximum atomic E-state index is 13.2. The Hall–Kier alpha value is -1.16. The lowest BCUT2D eigenvalue weighted by atomic mass is 10.00. The third kappa shape index (κ3) is 1.78. The predicted octanol–water partition coefficient (Wildman–Crippen LogP) is 1.73. The van der Waals surface area contributed by atoms with E-state index in [-0.39, 0.29) is 12.1 Å². The average molecular weight is 187 g/mol. The summed E-state index contributed by atoms with van der Waals surface area (Å²) in [6, 6.07) is 2.01. The lowest BCUT2D eigenvalue weighted by Crippen LogP contribution is -2.12. The molecule has 13 heavy (non-hydrogen) atoms. The van der Waals surface area contributed by atoms with Crippen molar-refractivity contribution in [3.63, 3.8) is 0 Å². The van der Waals surface area contributed by atoms with E-state index in [0.29, 0.717) is 0 Å². The maximum absolute atomic E-state index is 13.2. The molecule has 1 aromatic carbocycles. The first-order valence-electron chi connectivity index (χ1n) is 3.94. The third-order valence-corrected chi connectivity index (χ3v) is 1.95. The minimum absolute atomic E-state index is 0.136. The fourth-order valence-corrected chi connectivity index (χ4v) is 1.13. The highest BCUT2D eigenvalue weighted by Crippen LogP contribution is 2.27. The molecule has 0 amide bonds. The van der Waals surface area contributed by atoms with Crippen molar-refractivity contribution in [3.05, 3.63) is 29.3 Å². The molecule has 0 saturated heterocycles. The second-order valence-electron chi connectivity index (χ2n) is 2.93. The van der Waals surface area contributed by atoms with Crippen molar-refractivity contribution in [1.82, 2.24) is 0 Å². The van der Waals surface area contributed by atoms with Gasteiger partial charge in [0, 0.05) is 5.56 Å². The molecule has 0 aromatic heterocycles. The summed E-state index contributed by atoms with van der Waals surface area (Å²) in [5, 5.41) is 8.99. The van der Waals surface area contributed by atoms with Crippen molar-refractivity contribution in [2.24, 2.45) is 5.73 Å². The fraction of sp³-hybridized carbons (Fsp3) is 0.333. The number of phenols is 1. The monoisotopic (exact) mass is 187 g/mol. The molecule has 0 aliphatic carbocycles. The van der Waals surface area contributed by atoms with Crippen molar-refractivity contribution in [1.29, 1.82) is 0 Å². The summed E-state index contributed by atoms with van der Waals surface area (Å²) in [5.74, 6) is -2.57. The lowest BCUT2D eigenvalue weighted by molar-refractivity contribution is 0.418. The van der Waals surface area contributed by atoms with Gasteiger partial charge < -0.3 is 10.8 Å². The Labute approximate surface area is 75.0 Å². The van der Waals surface area contributed by atoms with Crippen molar-refractivity contribution in [3.8, 4) is 5.75 Å². The lowest BCUT2D eigenvalue weighted by Gasteiger charge is -2.11. The molecule has 2 nitrogen and oxygen atoms in total. The summed E-state index contributed by atoms with van der Waals surface area (Å²) in [7, 11) is 0. The largest absolute Gasteiger partial charge is 0.505 e. The van der Waals surface area contributed by atoms with Crippen LogP contribution in [0.25, 0.3) is 0 Å². The number of nitrogens with two attached hydrogens (primary N) is 1. The van der Waals surface area contributed by atoms with Gasteiger partial charge in [-0.05, 0) is 24.6 Å². The molecular weight excluding hydrogens is 176 g/mol. The first-order chi connectivity index (χ1) is 6.07. The number of rotatable bonds is 2. The predicted molar refractivity (Wildman–Crippen MR) is 45.5 cm³/mol. The van der Waals surface area contributed by atoms with Gasteiger partial charge in [0.15, 0.2) is 11.6 Å². The first-order valence-corrected chi connectivity index (χ1v) is 3.94.